The molecule has 0 amide bonds. The van der Waals surface area contributed by atoms with Crippen LogP contribution in [0, 0.1) is 5.82 Å². The van der Waals surface area contributed by atoms with Gasteiger partial charge in [-0.25, -0.2) is 4.39 Å². The van der Waals surface area contributed by atoms with Crippen LogP contribution in [0.5, 0.6) is 0 Å². The minimum Gasteiger partial charge on any atom is -0.461 e. The SMILES string of the molecule is CC(=O)Cc1ccc(-c2cc(F)cc(Cl)c2)o1. The Labute approximate surface area is 103 Å². The zero-order valence-corrected chi connectivity index (χ0v) is 9.92. The monoisotopic (exact) mass is 252 g/mol. The number of benzene rings is 1. The van der Waals surface area contributed by atoms with Crippen LogP contribution in [0.15, 0.2) is 34.7 Å². The van der Waals surface area contributed by atoms with Gasteiger partial charge in [-0.3, -0.25) is 4.79 Å². The summed E-state index contributed by atoms with van der Waals surface area (Å²) in [5.74, 6) is 0.663. The fourth-order valence-corrected chi connectivity index (χ4v) is 1.79. The van der Waals surface area contributed by atoms with Gasteiger partial charge in [0.2, 0.25) is 0 Å². The molecule has 0 radical (unpaired) electrons. The lowest BCUT2D eigenvalue weighted by molar-refractivity contribution is -0.116. The molecule has 2 rings (SSSR count). The van der Waals surface area contributed by atoms with Crippen molar-refractivity contribution in [2.45, 2.75) is 13.3 Å². The number of carbonyl (C=O) groups is 1. The maximum Gasteiger partial charge on any atom is 0.137 e. The Morgan fingerprint density at radius 1 is 1.35 bits per heavy atom. The quantitative estimate of drug-likeness (QED) is 0.830. The summed E-state index contributed by atoms with van der Waals surface area (Å²) >= 11 is 5.76. The summed E-state index contributed by atoms with van der Waals surface area (Å²) in [5.41, 5.74) is 0.560. The molecule has 17 heavy (non-hydrogen) atoms. The van der Waals surface area contributed by atoms with Gasteiger partial charge in [-0.1, -0.05) is 11.6 Å². The molecule has 0 aliphatic rings. The standard InChI is InChI=1S/C13H10ClFO2/c1-8(16)4-12-2-3-13(17-12)9-5-10(14)7-11(15)6-9/h2-3,5-7H,4H2,1H3. The second kappa shape index (κ2) is 4.72. The van der Waals surface area contributed by atoms with Crippen LogP contribution in [0.4, 0.5) is 4.39 Å². The molecule has 88 valence electrons. The molecular weight excluding hydrogens is 243 g/mol. The van der Waals surface area contributed by atoms with Gasteiger partial charge < -0.3 is 4.42 Å². The summed E-state index contributed by atoms with van der Waals surface area (Å²) in [6.07, 6.45) is 0.239. The molecule has 0 saturated carbocycles. The van der Waals surface area contributed by atoms with Crippen molar-refractivity contribution in [1.29, 1.82) is 0 Å². The molecule has 0 aliphatic heterocycles. The maximum atomic E-state index is 13.2. The van der Waals surface area contributed by atoms with E-state index in [4.69, 9.17) is 16.0 Å². The fraction of sp³-hybridized carbons (Fsp3) is 0.154. The normalized spacial score (nSPS) is 10.5. The molecule has 1 aromatic heterocycles. The number of rotatable bonds is 3. The molecule has 0 aliphatic carbocycles. The average molecular weight is 253 g/mol. The predicted molar refractivity (Wildman–Crippen MR) is 63.5 cm³/mol. The first-order valence-electron chi connectivity index (χ1n) is 5.09. The van der Waals surface area contributed by atoms with E-state index in [-0.39, 0.29) is 12.2 Å². The zero-order valence-electron chi connectivity index (χ0n) is 9.17. The van der Waals surface area contributed by atoms with Crippen molar-refractivity contribution in [3.63, 3.8) is 0 Å². The van der Waals surface area contributed by atoms with Gasteiger partial charge in [-0.05, 0) is 37.3 Å². The van der Waals surface area contributed by atoms with Gasteiger partial charge >= 0.3 is 0 Å². The predicted octanol–water partition coefficient (Wildman–Crippen LogP) is 3.87. The van der Waals surface area contributed by atoms with Crippen LogP contribution in [-0.4, -0.2) is 5.78 Å². The third-order valence-corrected chi connectivity index (χ3v) is 2.45. The average Bonchev–Trinajstić information content (AvgIpc) is 2.63. The maximum absolute atomic E-state index is 13.2. The highest BCUT2D eigenvalue weighted by atomic mass is 35.5. The summed E-state index contributed by atoms with van der Waals surface area (Å²) in [6.45, 7) is 1.49. The van der Waals surface area contributed by atoms with Crippen molar-refractivity contribution >= 4 is 17.4 Å². The summed E-state index contributed by atoms with van der Waals surface area (Å²) in [6, 6.07) is 7.58. The second-order valence-corrected chi connectivity index (χ2v) is 4.24. The molecule has 1 heterocycles. The van der Waals surface area contributed by atoms with E-state index in [9.17, 15) is 9.18 Å². The van der Waals surface area contributed by atoms with E-state index in [1.54, 1.807) is 18.2 Å². The number of ketones is 1. The van der Waals surface area contributed by atoms with E-state index in [2.05, 4.69) is 0 Å². The Kier molecular flexibility index (Phi) is 3.29. The van der Waals surface area contributed by atoms with Crippen molar-refractivity contribution in [3.8, 4) is 11.3 Å². The van der Waals surface area contributed by atoms with Gasteiger partial charge in [0.25, 0.3) is 0 Å². The second-order valence-electron chi connectivity index (χ2n) is 3.80. The molecule has 0 atom stereocenters. The third kappa shape index (κ3) is 2.94. The Hall–Kier alpha value is -1.61. The van der Waals surface area contributed by atoms with E-state index >= 15 is 0 Å². The Morgan fingerprint density at radius 2 is 2.12 bits per heavy atom. The van der Waals surface area contributed by atoms with Crippen molar-refractivity contribution < 1.29 is 13.6 Å². The summed E-state index contributed by atoms with van der Waals surface area (Å²) in [5, 5.41) is 0.310. The molecule has 2 aromatic rings. The zero-order chi connectivity index (χ0) is 12.4. The number of halogens is 2. The first kappa shape index (κ1) is 11.9. The molecule has 0 saturated heterocycles. The van der Waals surface area contributed by atoms with Crippen molar-refractivity contribution in [2.24, 2.45) is 0 Å². The lowest BCUT2D eigenvalue weighted by Gasteiger charge is -1.99. The highest BCUT2D eigenvalue weighted by molar-refractivity contribution is 6.30. The molecule has 0 fully saturated rings. The molecule has 0 bridgehead atoms. The largest absolute Gasteiger partial charge is 0.461 e. The first-order chi connectivity index (χ1) is 8.04. The van der Waals surface area contributed by atoms with Crippen LogP contribution in [0.2, 0.25) is 5.02 Å². The molecule has 0 N–H and O–H groups in total. The summed E-state index contributed by atoms with van der Waals surface area (Å²) in [4.78, 5) is 10.9. The number of hydrogen-bond donors (Lipinski definition) is 0. The minimum absolute atomic E-state index is 0.0168. The highest BCUT2D eigenvalue weighted by Crippen LogP contribution is 2.26. The number of Topliss-reactive ketones (excluding diaryl/α,β-unsaturated/α-hetero) is 1. The molecule has 4 heteroatoms. The van der Waals surface area contributed by atoms with E-state index < -0.39 is 5.82 Å². The van der Waals surface area contributed by atoms with Crippen LogP contribution < -0.4 is 0 Å². The smallest absolute Gasteiger partial charge is 0.137 e. The van der Waals surface area contributed by atoms with Crippen LogP contribution in [0.1, 0.15) is 12.7 Å². The van der Waals surface area contributed by atoms with Gasteiger partial charge in [-0.2, -0.15) is 0 Å². The number of furan rings is 1. The van der Waals surface area contributed by atoms with E-state index in [0.29, 0.717) is 22.1 Å². The molecule has 1 aromatic carbocycles. The molecular formula is C13H10ClFO2. The van der Waals surface area contributed by atoms with Gasteiger partial charge in [0.15, 0.2) is 0 Å². The van der Waals surface area contributed by atoms with Crippen molar-refractivity contribution in [1.82, 2.24) is 0 Å². The molecule has 2 nitrogen and oxygen atoms in total. The Balaban J connectivity index is 2.33. The molecule has 0 spiro atoms. The fourth-order valence-electron chi connectivity index (χ4n) is 1.57. The number of hydrogen-bond acceptors (Lipinski definition) is 2. The van der Waals surface area contributed by atoms with Crippen LogP contribution in [-0.2, 0) is 11.2 Å². The van der Waals surface area contributed by atoms with Crippen molar-refractivity contribution in [3.05, 3.63) is 46.9 Å². The van der Waals surface area contributed by atoms with Crippen LogP contribution in [0.3, 0.4) is 0 Å². The van der Waals surface area contributed by atoms with Gasteiger partial charge in [0, 0.05) is 10.6 Å². The third-order valence-electron chi connectivity index (χ3n) is 2.23. The Bertz CT molecular complexity index is 540. The molecule has 0 unspecified atom stereocenters. The Morgan fingerprint density at radius 3 is 2.76 bits per heavy atom. The first-order valence-corrected chi connectivity index (χ1v) is 5.47. The highest BCUT2D eigenvalue weighted by Gasteiger charge is 2.08. The summed E-state index contributed by atoms with van der Waals surface area (Å²) < 4.78 is 18.6. The van der Waals surface area contributed by atoms with Crippen LogP contribution in [0.25, 0.3) is 11.3 Å². The number of carbonyl (C=O) groups excluding carboxylic acids is 1. The lowest BCUT2D eigenvalue weighted by atomic mass is 10.2. The van der Waals surface area contributed by atoms with Crippen LogP contribution >= 0.6 is 11.6 Å². The summed E-state index contributed by atoms with van der Waals surface area (Å²) in [7, 11) is 0. The van der Waals surface area contributed by atoms with E-state index in [0.717, 1.165) is 0 Å². The topological polar surface area (TPSA) is 30.2 Å². The van der Waals surface area contributed by atoms with Gasteiger partial charge in [-0.15, -0.1) is 0 Å². The lowest BCUT2D eigenvalue weighted by Crippen LogP contribution is -1.93. The van der Waals surface area contributed by atoms with Gasteiger partial charge in [0.05, 0.1) is 6.42 Å². The van der Waals surface area contributed by atoms with Gasteiger partial charge in [0.1, 0.15) is 23.1 Å². The minimum atomic E-state index is -0.419. The van der Waals surface area contributed by atoms with Crippen molar-refractivity contribution in [2.75, 3.05) is 0 Å². The van der Waals surface area contributed by atoms with E-state index in [1.165, 1.54) is 19.1 Å². The van der Waals surface area contributed by atoms with E-state index in [1.807, 2.05) is 0 Å².